The second-order valence-electron chi connectivity index (χ2n) is 4.04. The first-order chi connectivity index (χ1) is 8.75. The van der Waals surface area contributed by atoms with Crippen LogP contribution in [0.2, 0.25) is 5.02 Å². The number of halogens is 1. The van der Waals surface area contributed by atoms with Gasteiger partial charge in [-0.3, -0.25) is 0 Å². The molecule has 2 nitrogen and oxygen atoms in total. The molecule has 0 unspecified atom stereocenters. The van der Waals surface area contributed by atoms with E-state index >= 15 is 0 Å². The standard InChI is InChI=1S/C14H16ClNOS/c1-11-4-5-13(15)14(9-11)17-7-6-16-10-12-3-2-8-18-12/h2-5,8-9,16H,6-7,10H2,1H3. The summed E-state index contributed by atoms with van der Waals surface area (Å²) in [5, 5.41) is 6.08. The highest BCUT2D eigenvalue weighted by Crippen LogP contribution is 2.24. The van der Waals surface area contributed by atoms with Gasteiger partial charge in [0.15, 0.2) is 0 Å². The molecule has 1 heterocycles. The van der Waals surface area contributed by atoms with Crippen LogP contribution in [-0.2, 0) is 6.54 Å². The van der Waals surface area contributed by atoms with Crippen molar-refractivity contribution >= 4 is 22.9 Å². The van der Waals surface area contributed by atoms with Crippen molar-refractivity contribution in [1.82, 2.24) is 5.32 Å². The fourth-order valence-electron chi connectivity index (χ4n) is 1.58. The number of benzene rings is 1. The molecular weight excluding hydrogens is 266 g/mol. The van der Waals surface area contributed by atoms with E-state index in [1.807, 2.05) is 25.1 Å². The summed E-state index contributed by atoms with van der Waals surface area (Å²) >= 11 is 7.80. The van der Waals surface area contributed by atoms with Crippen LogP contribution in [0.4, 0.5) is 0 Å². The average Bonchev–Trinajstić information content (AvgIpc) is 2.86. The largest absolute Gasteiger partial charge is 0.491 e. The highest BCUT2D eigenvalue weighted by atomic mass is 35.5. The second kappa shape index (κ2) is 6.78. The quantitative estimate of drug-likeness (QED) is 0.812. The Balaban J connectivity index is 1.70. The van der Waals surface area contributed by atoms with E-state index in [2.05, 4.69) is 22.8 Å². The monoisotopic (exact) mass is 281 g/mol. The summed E-state index contributed by atoms with van der Waals surface area (Å²) in [6.07, 6.45) is 0. The summed E-state index contributed by atoms with van der Waals surface area (Å²) in [7, 11) is 0. The average molecular weight is 282 g/mol. The summed E-state index contributed by atoms with van der Waals surface area (Å²) in [6.45, 7) is 4.34. The third-order valence-electron chi connectivity index (χ3n) is 2.50. The van der Waals surface area contributed by atoms with Crippen molar-refractivity contribution in [2.24, 2.45) is 0 Å². The molecule has 0 bridgehead atoms. The van der Waals surface area contributed by atoms with Crippen molar-refractivity contribution in [2.45, 2.75) is 13.5 Å². The number of hydrogen-bond donors (Lipinski definition) is 1. The molecule has 0 saturated heterocycles. The molecule has 2 rings (SSSR count). The first kappa shape index (κ1) is 13.4. The van der Waals surface area contributed by atoms with Gasteiger partial charge < -0.3 is 10.1 Å². The van der Waals surface area contributed by atoms with Gasteiger partial charge in [0, 0.05) is 18.0 Å². The van der Waals surface area contributed by atoms with Gasteiger partial charge in [-0.25, -0.2) is 0 Å². The third kappa shape index (κ3) is 4.02. The molecule has 0 aliphatic heterocycles. The van der Waals surface area contributed by atoms with E-state index in [1.54, 1.807) is 11.3 Å². The lowest BCUT2D eigenvalue weighted by molar-refractivity contribution is 0.314. The van der Waals surface area contributed by atoms with Gasteiger partial charge in [0.2, 0.25) is 0 Å². The number of hydrogen-bond acceptors (Lipinski definition) is 3. The molecule has 0 atom stereocenters. The van der Waals surface area contributed by atoms with E-state index in [4.69, 9.17) is 16.3 Å². The molecule has 4 heteroatoms. The first-order valence-electron chi connectivity index (χ1n) is 5.88. The van der Waals surface area contributed by atoms with Crippen molar-refractivity contribution in [3.63, 3.8) is 0 Å². The lowest BCUT2D eigenvalue weighted by Gasteiger charge is -2.09. The summed E-state index contributed by atoms with van der Waals surface area (Å²) < 4.78 is 5.65. The van der Waals surface area contributed by atoms with Gasteiger partial charge >= 0.3 is 0 Å². The van der Waals surface area contributed by atoms with E-state index in [9.17, 15) is 0 Å². The molecule has 0 radical (unpaired) electrons. The molecule has 0 spiro atoms. The number of nitrogens with one attached hydrogen (secondary N) is 1. The van der Waals surface area contributed by atoms with E-state index in [1.165, 1.54) is 4.88 Å². The van der Waals surface area contributed by atoms with Crippen LogP contribution < -0.4 is 10.1 Å². The Kier molecular flexibility index (Phi) is 5.05. The van der Waals surface area contributed by atoms with Gasteiger partial charge in [-0.2, -0.15) is 0 Å². The minimum atomic E-state index is 0.620. The van der Waals surface area contributed by atoms with Crippen LogP contribution in [0, 0.1) is 6.92 Å². The second-order valence-corrected chi connectivity index (χ2v) is 5.48. The van der Waals surface area contributed by atoms with E-state index in [-0.39, 0.29) is 0 Å². The van der Waals surface area contributed by atoms with Crippen LogP contribution in [0.3, 0.4) is 0 Å². The number of ether oxygens (including phenoxy) is 1. The fraction of sp³-hybridized carbons (Fsp3) is 0.286. The van der Waals surface area contributed by atoms with Crippen molar-refractivity contribution in [3.8, 4) is 5.75 Å². The Hall–Kier alpha value is -1.03. The van der Waals surface area contributed by atoms with E-state index in [0.717, 1.165) is 24.4 Å². The molecule has 0 aliphatic carbocycles. The molecule has 0 aliphatic rings. The first-order valence-corrected chi connectivity index (χ1v) is 7.13. The number of aryl methyl sites for hydroxylation is 1. The SMILES string of the molecule is Cc1ccc(Cl)c(OCCNCc2cccs2)c1. The van der Waals surface area contributed by atoms with Crippen LogP contribution in [0.25, 0.3) is 0 Å². The van der Waals surface area contributed by atoms with E-state index < -0.39 is 0 Å². The highest BCUT2D eigenvalue weighted by molar-refractivity contribution is 7.09. The molecule has 2 aromatic rings. The molecule has 18 heavy (non-hydrogen) atoms. The summed E-state index contributed by atoms with van der Waals surface area (Å²) in [6, 6.07) is 9.98. The lowest BCUT2D eigenvalue weighted by Crippen LogP contribution is -2.20. The van der Waals surface area contributed by atoms with Gasteiger partial charge in [-0.1, -0.05) is 23.7 Å². The predicted octanol–water partition coefficient (Wildman–Crippen LogP) is 3.88. The van der Waals surface area contributed by atoms with Crippen molar-refractivity contribution in [2.75, 3.05) is 13.2 Å². The Morgan fingerprint density at radius 3 is 3.00 bits per heavy atom. The lowest BCUT2D eigenvalue weighted by atomic mass is 10.2. The molecule has 0 saturated carbocycles. The number of rotatable bonds is 6. The zero-order valence-electron chi connectivity index (χ0n) is 10.3. The van der Waals surface area contributed by atoms with Crippen molar-refractivity contribution < 1.29 is 4.74 Å². The van der Waals surface area contributed by atoms with Crippen LogP contribution in [0.5, 0.6) is 5.75 Å². The zero-order chi connectivity index (χ0) is 12.8. The van der Waals surface area contributed by atoms with E-state index in [0.29, 0.717) is 11.6 Å². The van der Waals surface area contributed by atoms with Crippen LogP contribution >= 0.6 is 22.9 Å². The Labute approximate surface area is 117 Å². The van der Waals surface area contributed by atoms with Crippen LogP contribution in [0.1, 0.15) is 10.4 Å². The van der Waals surface area contributed by atoms with Crippen LogP contribution in [0.15, 0.2) is 35.7 Å². The van der Waals surface area contributed by atoms with Gasteiger partial charge in [0.25, 0.3) is 0 Å². The van der Waals surface area contributed by atoms with Crippen molar-refractivity contribution in [1.29, 1.82) is 0 Å². The minimum Gasteiger partial charge on any atom is -0.491 e. The fourth-order valence-corrected chi connectivity index (χ4v) is 2.43. The maximum atomic E-state index is 6.05. The third-order valence-corrected chi connectivity index (χ3v) is 3.69. The maximum absolute atomic E-state index is 6.05. The van der Waals surface area contributed by atoms with Gasteiger partial charge in [0.05, 0.1) is 5.02 Å². The van der Waals surface area contributed by atoms with Crippen LogP contribution in [-0.4, -0.2) is 13.2 Å². The minimum absolute atomic E-state index is 0.620. The summed E-state index contributed by atoms with van der Waals surface area (Å²) in [5.41, 5.74) is 1.15. The normalized spacial score (nSPS) is 10.6. The maximum Gasteiger partial charge on any atom is 0.138 e. The predicted molar refractivity (Wildman–Crippen MR) is 77.7 cm³/mol. The van der Waals surface area contributed by atoms with Gasteiger partial charge in [0.1, 0.15) is 12.4 Å². The molecule has 1 aromatic heterocycles. The highest BCUT2D eigenvalue weighted by Gasteiger charge is 2.01. The molecule has 0 fully saturated rings. The Morgan fingerprint density at radius 1 is 1.33 bits per heavy atom. The Morgan fingerprint density at radius 2 is 2.22 bits per heavy atom. The molecular formula is C14H16ClNOS. The summed E-state index contributed by atoms with van der Waals surface area (Å²) in [4.78, 5) is 1.34. The molecule has 1 N–H and O–H groups in total. The summed E-state index contributed by atoms with van der Waals surface area (Å²) in [5.74, 6) is 0.759. The van der Waals surface area contributed by atoms with Gasteiger partial charge in [-0.15, -0.1) is 11.3 Å². The van der Waals surface area contributed by atoms with Crippen molar-refractivity contribution in [3.05, 3.63) is 51.2 Å². The molecule has 0 amide bonds. The molecule has 1 aromatic carbocycles. The smallest absolute Gasteiger partial charge is 0.138 e. The zero-order valence-corrected chi connectivity index (χ0v) is 11.9. The topological polar surface area (TPSA) is 21.3 Å². The number of thiophene rings is 1. The van der Waals surface area contributed by atoms with Gasteiger partial charge in [-0.05, 0) is 36.1 Å². The Bertz CT molecular complexity index is 485. The molecule has 96 valence electrons.